The van der Waals surface area contributed by atoms with Crippen LogP contribution >= 0.6 is 0 Å². The summed E-state index contributed by atoms with van der Waals surface area (Å²) in [5.74, 6) is 0.304. The van der Waals surface area contributed by atoms with E-state index in [1.54, 1.807) is 13.2 Å². The highest BCUT2D eigenvalue weighted by atomic mass is 16.5. The molecule has 0 amide bonds. The predicted octanol–water partition coefficient (Wildman–Crippen LogP) is 2.61. The normalized spacial score (nSPS) is 12.8. The molecule has 0 aliphatic heterocycles. The van der Waals surface area contributed by atoms with Crippen LogP contribution in [0.4, 0.5) is 0 Å². The van der Waals surface area contributed by atoms with Crippen LogP contribution in [-0.4, -0.2) is 27.7 Å². The molecule has 2 aromatic heterocycles. The van der Waals surface area contributed by atoms with Gasteiger partial charge < -0.3 is 14.0 Å². The molecule has 0 saturated carbocycles. The average Bonchev–Trinajstić information content (AvgIpc) is 3.03. The second-order valence-corrected chi connectivity index (χ2v) is 5.29. The SMILES string of the molecule is Cc1noc(C)c1CN(Cc1ccco1)CC(C)C(=O)O. The highest BCUT2D eigenvalue weighted by molar-refractivity contribution is 5.69. The fourth-order valence-electron chi connectivity index (χ4n) is 2.22. The lowest BCUT2D eigenvalue weighted by Crippen LogP contribution is -2.31. The lowest BCUT2D eigenvalue weighted by Gasteiger charge is -2.23. The minimum Gasteiger partial charge on any atom is -0.481 e. The van der Waals surface area contributed by atoms with Gasteiger partial charge in [-0.1, -0.05) is 12.1 Å². The Morgan fingerprint density at radius 2 is 2.19 bits per heavy atom. The van der Waals surface area contributed by atoms with Gasteiger partial charge in [0.2, 0.25) is 0 Å². The highest BCUT2D eigenvalue weighted by Crippen LogP contribution is 2.18. The van der Waals surface area contributed by atoms with Gasteiger partial charge in [0.15, 0.2) is 0 Å². The second-order valence-electron chi connectivity index (χ2n) is 5.29. The monoisotopic (exact) mass is 292 g/mol. The summed E-state index contributed by atoms with van der Waals surface area (Å²) in [7, 11) is 0. The summed E-state index contributed by atoms with van der Waals surface area (Å²) in [6, 6.07) is 3.70. The zero-order chi connectivity index (χ0) is 15.4. The molecule has 2 heterocycles. The standard InChI is InChI=1S/C15H20N2O4/c1-10(15(18)19)7-17(8-13-5-4-6-20-13)9-14-11(2)16-21-12(14)3/h4-6,10H,7-9H2,1-3H3,(H,18,19). The number of rotatable bonds is 7. The minimum atomic E-state index is -0.807. The van der Waals surface area contributed by atoms with E-state index in [0.29, 0.717) is 19.6 Å². The van der Waals surface area contributed by atoms with E-state index in [1.807, 2.05) is 30.9 Å². The van der Waals surface area contributed by atoms with Crippen molar-refractivity contribution in [3.63, 3.8) is 0 Å². The van der Waals surface area contributed by atoms with Gasteiger partial charge in [0.1, 0.15) is 11.5 Å². The molecule has 0 bridgehead atoms. The van der Waals surface area contributed by atoms with Crippen molar-refractivity contribution in [1.29, 1.82) is 0 Å². The number of nitrogens with zero attached hydrogens (tertiary/aromatic N) is 2. The van der Waals surface area contributed by atoms with Crippen LogP contribution in [0.5, 0.6) is 0 Å². The molecule has 0 spiro atoms. The third-order valence-corrected chi connectivity index (χ3v) is 3.48. The molecule has 1 unspecified atom stereocenters. The Labute approximate surface area is 123 Å². The molecule has 0 fully saturated rings. The van der Waals surface area contributed by atoms with Gasteiger partial charge in [-0.25, -0.2) is 0 Å². The van der Waals surface area contributed by atoms with Crippen molar-refractivity contribution in [2.24, 2.45) is 5.92 Å². The van der Waals surface area contributed by atoms with Gasteiger partial charge in [0.25, 0.3) is 0 Å². The predicted molar refractivity (Wildman–Crippen MR) is 75.6 cm³/mol. The van der Waals surface area contributed by atoms with Crippen LogP contribution in [0.1, 0.15) is 29.7 Å². The number of carboxylic acid groups (broad SMARTS) is 1. The molecule has 21 heavy (non-hydrogen) atoms. The maximum absolute atomic E-state index is 11.1. The first kappa shape index (κ1) is 15.3. The summed E-state index contributed by atoms with van der Waals surface area (Å²) >= 11 is 0. The van der Waals surface area contributed by atoms with E-state index in [2.05, 4.69) is 5.16 Å². The molecule has 1 atom stereocenters. The molecule has 6 heteroatoms. The van der Waals surface area contributed by atoms with Gasteiger partial charge >= 0.3 is 5.97 Å². The Morgan fingerprint density at radius 1 is 1.43 bits per heavy atom. The number of hydrogen-bond donors (Lipinski definition) is 1. The van der Waals surface area contributed by atoms with Crippen molar-refractivity contribution >= 4 is 5.97 Å². The molecule has 6 nitrogen and oxygen atoms in total. The number of furan rings is 1. The second kappa shape index (κ2) is 6.58. The molecule has 0 radical (unpaired) electrons. The molecule has 0 aromatic carbocycles. The van der Waals surface area contributed by atoms with Crippen molar-refractivity contribution in [3.8, 4) is 0 Å². The van der Waals surface area contributed by atoms with E-state index in [9.17, 15) is 4.79 Å². The Balaban J connectivity index is 2.13. The van der Waals surface area contributed by atoms with Gasteiger partial charge in [-0.15, -0.1) is 0 Å². The van der Waals surface area contributed by atoms with Crippen molar-refractivity contribution in [1.82, 2.24) is 10.1 Å². The first-order valence-electron chi connectivity index (χ1n) is 6.86. The van der Waals surface area contributed by atoms with Gasteiger partial charge in [-0.05, 0) is 26.0 Å². The van der Waals surface area contributed by atoms with Crippen LogP contribution in [0.2, 0.25) is 0 Å². The van der Waals surface area contributed by atoms with Crippen LogP contribution in [-0.2, 0) is 17.9 Å². The Hall–Kier alpha value is -2.08. The topological polar surface area (TPSA) is 79.7 Å². The molecule has 2 aromatic rings. The van der Waals surface area contributed by atoms with E-state index < -0.39 is 11.9 Å². The molecule has 0 saturated heterocycles. The lowest BCUT2D eigenvalue weighted by molar-refractivity contribution is -0.141. The third-order valence-electron chi connectivity index (χ3n) is 3.48. The highest BCUT2D eigenvalue weighted by Gasteiger charge is 2.20. The molecule has 2 rings (SSSR count). The fourth-order valence-corrected chi connectivity index (χ4v) is 2.22. The van der Waals surface area contributed by atoms with E-state index in [-0.39, 0.29) is 0 Å². The third kappa shape index (κ3) is 3.95. The average molecular weight is 292 g/mol. The van der Waals surface area contributed by atoms with Crippen molar-refractivity contribution in [2.45, 2.75) is 33.9 Å². The number of hydrogen-bond acceptors (Lipinski definition) is 5. The fraction of sp³-hybridized carbons (Fsp3) is 0.467. The molecular formula is C15H20N2O4. The van der Waals surface area contributed by atoms with Gasteiger partial charge in [-0.3, -0.25) is 9.69 Å². The maximum Gasteiger partial charge on any atom is 0.307 e. The zero-order valence-corrected chi connectivity index (χ0v) is 12.5. The molecule has 1 N–H and O–H groups in total. The van der Waals surface area contributed by atoms with Gasteiger partial charge in [0.05, 0.1) is 24.4 Å². The van der Waals surface area contributed by atoms with Crippen molar-refractivity contribution in [2.75, 3.05) is 6.54 Å². The maximum atomic E-state index is 11.1. The number of carboxylic acids is 1. The molecular weight excluding hydrogens is 272 g/mol. The van der Waals surface area contributed by atoms with Gasteiger partial charge in [0, 0.05) is 18.7 Å². The summed E-state index contributed by atoms with van der Waals surface area (Å²) in [6.07, 6.45) is 1.62. The van der Waals surface area contributed by atoms with Crippen molar-refractivity contribution < 1.29 is 18.8 Å². The largest absolute Gasteiger partial charge is 0.481 e. The Bertz CT molecular complexity index is 569. The van der Waals surface area contributed by atoms with Crippen LogP contribution in [0.25, 0.3) is 0 Å². The molecule has 114 valence electrons. The minimum absolute atomic E-state index is 0.431. The number of carbonyl (C=O) groups is 1. The summed E-state index contributed by atoms with van der Waals surface area (Å²) in [5.41, 5.74) is 1.83. The van der Waals surface area contributed by atoms with E-state index in [1.165, 1.54) is 0 Å². The zero-order valence-electron chi connectivity index (χ0n) is 12.5. The van der Waals surface area contributed by atoms with Crippen molar-refractivity contribution in [3.05, 3.63) is 41.2 Å². The summed E-state index contributed by atoms with van der Waals surface area (Å²) in [4.78, 5) is 13.1. The first-order chi connectivity index (χ1) is 9.97. The lowest BCUT2D eigenvalue weighted by atomic mass is 10.1. The number of aromatic nitrogens is 1. The van der Waals surface area contributed by atoms with Crippen LogP contribution in [0.15, 0.2) is 27.3 Å². The number of aliphatic carboxylic acids is 1. The van der Waals surface area contributed by atoms with Gasteiger partial charge in [-0.2, -0.15) is 0 Å². The summed E-state index contributed by atoms with van der Waals surface area (Å²) < 4.78 is 10.5. The molecule has 0 aliphatic carbocycles. The van der Waals surface area contributed by atoms with E-state index in [0.717, 1.165) is 22.8 Å². The van der Waals surface area contributed by atoms with Crippen LogP contribution in [0, 0.1) is 19.8 Å². The van der Waals surface area contributed by atoms with E-state index >= 15 is 0 Å². The van der Waals surface area contributed by atoms with Crippen LogP contribution in [0.3, 0.4) is 0 Å². The first-order valence-corrected chi connectivity index (χ1v) is 6.86. The van der Waals surface area contributed by atoms with E-state index in [4.69, 9.17) is 14.0 Å². The molecule has 0 aliphatic rings. The number of aryl methyl sites for hydroxylation is 2. The summed E-state index contributed by atoms with van der Waals surface area (Å²) in [6.45, 7) is 7.01. The smallest absolute Gasteiger partial charge is 0.307 e. The quantitative estimate of drug-likeness (QED) is 0.845. The Morgan fingerprint density at radius 3 is 2.71 bits per heavy atom. The summed E-state index contributed by atoms with van der Waals surface area (Å²) in [5, 5.41) is 13.1. The Kier molecular flexibility index (Phi) is 4.80. The van der Waals surface area contributed by atoms with Crippen LogP contribution < -0.4 is 0 Å².